The van der Waals surface area contributed by atoms with Gasteiger partial charge in [0.2, 0.25) is 5.91 Å². The van der Waals surface area contributed by atoms with Crippen LogP contribution < -0.4 is 0 Å². The Balaban J connectivity index is 1.56. The third-order valence-corrected chi connectivity index (χ3v) is 5.44. The van der Waals surface area contributed by atoms with Gasteiger partial charge in [0.15, 0.2) is 0 Å². The van der Waals surface area contributed by atoms with Crippen molar-refractivity contribution in [3.63, 3.8) is 0 Å². The summed E-state index contributed by atoms with van der Waals surface area (Å²) >= 11 is 5.17. The van der Waals surface area contributed by atoms with E-state index in [0.717, 1.165) is 53.5 Å². The summed E-state index contributed by atoms with van der Waals surface area (Å²) in [6.45, 7) is 4.26. The quantitative estimate of drug-likeness (QED) is 0.761. The number of hydrogen-bond donors (Lipinski definition) is 0. The molecular formula is C17H20BrN3O2S. The van der Waals surface area contributed by atoms with Gasteiger partial charge in [-0.3, -0.25) is 9.69 Å². The zero-order valence-corrected chi connectivity index (χ0v) is 16.0. The maximum Gasteiger partial charge on any atom is 0.248 e. The van der Waals surface area contributed by atoms with Gasteiger partial charge in [0, 0.05) is 55.2 Å². The predicted octanol–water partition coefficient (Wildman–Crippen LogP) is 2.86. The molecule has 1 amide bonds. The SMILES string of the molecule is COCC(=O)N1CCN(Cc2csc(-c3cccc(Br)c3)n2)CC1. The molecule has 0 atom stereocenters. The number of thiazole rings is 1. The summed E-state index contributed by atoms with van der Waals surface area (Å²) in [5, 5.41) is 3.17. The number of methoxy groups -OCH3 is 1. The van der Waals surface area contributed by atoms with Crippen molar-refractivity contribution >= 4 is 33.2 Å². The first-order chi connectivity index (χ1) is 11.7. The number of halogens is 1. The minimum atomic E-state index is 0.0720. The fourth-order valence-corrected chi connectivity index (χ4v) is 3.94. The highest BCUT2D eigenvalue weighted by Crippen LogP contribution is 2.26. The summed E-state index contributed by atoms with van der Waals surface area (Å²) in [6, 6.07) is 8.20. The molecular weight excluding hydrogens is 390 g/mol. The first-order valence-corrected chi connectivity index (χ1v) is 9.52. The van der Waals surface area contributed by atoms with Crippen molar-refractivity contribution in [1.82, 2.24) is 14.8 Å². The maximum absolute atomic E-state index is 11.8. The molecule has 0 saturated carbocycles. The molecule has 1 aliphatic rings. The van der Waals surface area contributed by atoms with E-state index in [9.17, 15) is 4.79 Å². The standard InChI is InChI=1S/C17H20BrN3O2S/c1-23-11-16(22)21-7-5-20(6-8-21)10-15-12-24-17(19-15)13-3-2-4-14(18)9-13/h2-4,9,12H,5-8,10-11H2,1H3. The summed E-state index contributed by atoms with van der Waals surface area (Å²) in [6.07, 6.45) is 0. The molecule has 2 heterocycles. The lowest BCUT2D eigenvalue weighted by Crippen LogP contribution is -2.49. The van der Waals surface area contributed by atoms with Crippen LogP contribution in [-0.4, -0.2) is 60.6 Å². The summed E-state index contributed by atoms with van der Waals surface area (Å²) in [5.74, 6) is 0.0720. The van der Waals surface area contributed by atoms with E-state index in [-0.39, 0.29) is 12.5 Å². The summed E-state index contributed by atoms with van der Waals surface area (Å²) in [7, 11) is 1.55. The van der Waals surface area contributed by atoms with Gasteiger partial charge in [0.1, 0.15) is 11.6 Å². The molecule has 1 aliphatic heterocycles. The van der Waals surface area contributed by atoms with Crippen molar-refractivity contribution in [1.29, 1.82) is 0 Å². The van der Waals surface area contributed by atoms with Crippen LogP contribution in [0.5, 0.6) is 0 Å². The largest absolute Gasteiger partial charge is 0.375 e. The van der Waals surface area contributed by atoms with Crippen LogP contribution in [-0.2, 0) is 16.1 Å². The number of nitrogens with zero attached hydrogens (tertiary/aromatic N) is 3. The molecule has 0 aliphatic carbocycles. The van der Waals surface area contributed by atoms with Crippen molar-refractivity contribution in [2.24, 2.45) is 0 Å². The minimum Gasteiger partial charge on any atom is -0.375 e. The van der Waals surface area contributed by atoms with Crippen LogP contribution in [0.1, 0.15) is 5.69 Å². The Bertz CT molecular complexity index is 699. The smallest absolute Gasteiger partial charge is 0.248 e. The molecule has 0 spiro atoms. The van der Waals surface area contributed by atoms with Crippen LogP contribution in [0.25, 0.3) is 10.6 Å². The number of rotatable bonds is 5. The lowest BCUT2D eigenvalue weighted by atomic mass is 10.2. The van der Waals surface area contributed by atoms with Crippen molar-refractivity contribution in [3.8, 4) is 10.6 Å². The molecule has 24 heavy (non-hydrogen) atoms. The fourth-order valence-electron chi connectivity index (χ4n) is 2.73. The molecule has 0 N–H and O–H groups in total. The monoisotopic (exact) mass is 409 g/mol. The second-order valence-electron chi connectivity index (χ2n) is 5.74. The van der Waals surface area contributed by atoms with Crippen molar-refractivity contribution in [2.45, 2.75) is 6.54 Å². The molecule has 0 unspecified atom stereocenters. The van der Waals surface area contributed by atoms with E-state index in [1.54, 1.807) is 18.4 Å². The van der Waals surface area contributed by atoms with Gasteiger partial charge in [-0.2, -0.15) is 0 Å². The van der Waals surface area contributed by atoms with Gasteiger partial charge >= 0.3 is 0 Å². The normalized spacial score (nSPS) is 15.7. The summed E-state index contributed by atoms with van der Waals surface area (Å²) < 4.78 is 5.98. The van der Waals surface area contributed by atoms with Gasteiger partial charge in [-0.25, -0.2) is 4.98 Å². The highest BCUT2D eigenvalue weighted by molar-refractivity contribution is 9.10. The number of piperazine rings is 1. The van der Waals surface area contributed by atoms with E-state index < -0.39 is 0 Å². The number of carbonyl (C=O) groups is 1. The van der Waals surface area contributed by atoms with Gasteiger partial charge in [-0.1, -0.05) is 28.1 Å². The van der Waals surface area contributed by atoms with Crippen LogP contribution in [0.4, 0.5) is 0 Å². The number of hydrogen-bond acceptors (Lipinski definition) is 5. The second-order valence-corrected chi connectivity index (χ2v) is 7.52. The van der Waals surface area contributed by atoms with Crippen LogP contribution >= 0.6 is 27.3 Å². The number of ether oxygens (including phenoxy) is 1. The lowest BCUT2D eigenvalue weighted by molar-refractivity contribution is -0.136. The minimum absolute atomic E-state index is 0.0720. The van der Waals surface area contributed by atoms with Crippen LogP contribution in [0.3, 0.4) is 0 Å². The van der Waals surface area contributed by atoms with Gasteiger partial charge in [0.05, 0.1) is 5.69 Å². The molecule has 1 aromatic carbocycles. The lowest BCUT2D eigenvalue weighted by Gasteiger charge is -2.34. The predicted molar refractivity (Wildman–Crippen MR) is 99.0 cm³/mol. The number of aromatic nitrogens is 1. The van der Waals surface area contributed by atoms with Gasteiger partial charge < -0.3 is 9.64 Å². The molecule has 0 bridgehead atoms. The van der Waals surface area contributed by atoms with Gasteiger partial charge in [0.25, 0.3) is 0 Å². The molecule has 5 nitrogen and oxygen atoms in total. The first-order valence-electron chi connectivity index (χ1n) is 7.85. The molecule has 7 heteroatoms. The zero-order valence-electron chi connectivity index (χ0n) is 13.6. The molecule has 128 valence electrons. The van der Waals surface area contributed by atoms with Crippen LogP contribution in [0, 0.1) is 0 Å². The average molecular weight is 410 g/mol. The van der Waals surface area contributed by atoms with E-state index in [1.807, 2.05) is 17.0 Å². The highest BCUT2D eigenvalue weighted by Gasteiger charge is 2.21. The van der Waals surface area contributed by atoms with E-state index in [0.29, 0.717) is 0 Å². The summed E-state index contributed by atoms with van der Waals surface area (Å²) in [5.41, 5.74) is 2.22. The van der Waals surface area contributed by atoms with E-state index >= 15 is 0 Å². The van der Waals surface area contributed by atoms with Gasteiger partial charge in [-0.05, 0) is 12.1 Å². The number of benzene rings is 1. The molecule has 0 radical (unpaired) electrons. The first kappa shape index (κ1) is 17.5. The van der Waals surface area contributed by atoms with Crippen molar-refractivity contribution in [3.05, 3.63) is 39.8 Å². The van der Waals surface area contributed by atoms with Crippen LogP contribution in [0.15, 0.2) is 34.1 Å². The third kappa shape index (κ3) is 4.42. The molecule has 1 aromatic heterocycles. The van der Waals surface area contributed by atoms with Gasteiger partial charge in [-0.15, -0.1) is 11.3 Å². The molecule has 1 fully saturated rings. The second kappa shape index (κ2) is 8.20. The Hall–Kier alpha value is -1.28. The fraction of sp³-hybridized carbons (Fsp3) is 0.412. The molecule has 2 aromatic rings. The molecule has 1 saturated heterocycles. The number of carbonyl (C=O) groups excluding carboxylic acids is 1. The van der Waals surface area contributed by atoms with E-state index in [4.69, 9.17) is 9.72 Å². The highest BCUT2D eigenvalue weighted by atomic mass is 79.9. The Morgan fingerprint density at radius 1 is 1.33 bits per heavy atom. The Kier molecular flexibility index (Phi) is 5.99. The number of amides is 1. The van der Waals surface area contributed by atoms with Crippen LogP contribution in [0.2, 0.25) is 0 Å². The van der Waals surface area contributed by atoms with E-state index in [1.165, 1.54) is 0 Å². The zero-order chi connectivity index (χ0) is 16.9. The van der Waals surface area contributed by atoms with E-state index in [2.05, 4.69) is 38.3 Å². The Morgan fingerprint density at radius 3 is 2.83 bits per heavy atom. The Labute approximate surface area is 154 Å². The maximum atomic E-state index is 11.8. The third-order valence-electron chi connectivity index (χ3n) is 4.00. The summed E-state index contributed by atoms with van der Waals surface area (Å²) in [4.78, 5) is 20.8. The average Bonchev–Trinajstić information content (AvgIpc) is 3.04. The topological polar surface area (TPSA) is 45.7 Å². The molecule has 3 rings (SSSR count). The Morgan fingerprint density at radius 2 is 2.12 bits per heavy atom. The van der Waals surface area contributed by atoms with Crippen molar-refractivity contribution in [2.75, 3.05) is 39.9 Å². The van der Waals surface area contributed by atoms with Crippen molar-refractivity contribution < 1.29 is 9.53 Å².